The number of amides is 1. The predicted octanol–water partition coefficient (Wildman–Crippen LogP) is 4.52. The highest BCUT2D eigenvalue weighted by Gasteiger charge is 2.34. The van der Waals surface area contributed by atoms with Gasteiger partial charge in [-0.25, -0.2) is 0 Å². The predicted molar refractivity (Wildman–Crippen MR) is 135 cm³/mol. The summed E-state index contributed by atoms with van der Waals surface area (Å²) in [5.41, 5.74) is 1.99. The second-order valence-corrected chi connectivity index (χ2v) is 8.55. The molecule has 0 bridgehead atoms. The first-order valence-electron chi connectivity index (χ1n) is 10.6. The van der Waals surface area contributed by atoms with Crippen LogP contribution < -0.4 is 14.2 Å². The molecule has 0 fully saturated rings. The zero-order valence-corrected chi connectivity index (χ0v) is 19.7. The van der Waals surface area contributed by atoms with Crippen molar-refractivity contribution in [2.75, 3.05) is 20.3 Å². The first-order valence-corrected chi connectivity index (χ1v) is 11.4. The zero-order chi connectivity index (χ0) is 24.1. The van der Waals surface area contributed by atoms with Gasteiger partial charge in [0, 0.05) is 0 Å². The van der Waals surface area contributed by atoms with Crippen LogP contribution in [0.3, 0.4) is 0 Å². The Kier molecular flexibility index (Phi) is 7.12. The lowest BCUT2D eigenvalue weighted by atomic mass is 10.1. The minimum Gasteiger partial charge on any atom is -0.493 e. The van der Waals surface area contributed by atoms with Crippen molar-refractivity contribution in [1.29, 1.82) is 5.41 Å². The number of carbonyl (C=O) groups is 1. The largest absolute Gasteiger partial charge is 0.493 e. The molecule has 174 valence electrons. The standard InChI is InChI=1S/C25H24N4O4S/c1-4-6-17-9-10-21(22(15-17)31-3)33-12-11-32-19-8-5-7-18(13-19)14-20-23(26)29-25(27-24(20)30)34-16(2)28-29/h4-5,7-10,13-15,26H,1,6,11-12H2,2-3H3. The Balaban J connectivity index is 1.38. The van der Waals surface area contributed by atoms with E-state index in [4.69, 9.17) is 19.6 Å². The molecule has 1 N–H and O–H groups in total. The van der Waals surface area contributed by atoms with Crippen molar-refractivity contribution < 1.29 is 19.0 Å². The van der Waals surface area contributed by atoms with E-state index in [1.165, 1.54) is 16.8 Å². The number of carbonyl (C=O) groups excluding carboxylic acids is 1. The third-order valence-electron chi connectivity index (χ3n) is 4.94. The molecule has 0 radical (unpaired) electrons. The Morgan fingerprint density at radius 2 is 1.97 bits per heavy atom. The number of nitrogens with one attached hydrogen (secondary N) is 1. The summed E-state index contributed by atoms with van der Waals surface area (Å²) in [6.07, 6.45) is 4.22. The van der Waals surface area contributed by atoms with E-state index in [0.717, 1.165) is 22.6 Å². The van der Waals surface area contributed by atoms with E-state index in [9.17, 15) is 4.79 Å². The lowest BCUT2D eigenvalue weighted by molar-refractivity contribution is -0.114. The average Bonchev–Trinajstić information content (AvgIpc) is 3.20. The van der Waals surface area contributed by atoms with Crippen LogP contribution >= 0.6 is 11.8 Å². The second-order valence-electron chi connectivity index (χ2n) is 7.39. The Labute approximate surface area is 202 Å². The first-order chi connectivity index (χ1) is 16.5. The first kappa shape index (κ1) is 23.3. The molecule has 9 heteroatoms. The van der Waals surface area contributed by atoms with Gasteiger partial charge in [0.15, 0.2) is 17.3 Å². The van der Waals surface area contributed by atoms with E-state index in [2.05, 4.69) is 16.7 Å². The number of hydrogen-bond donors (Lipinski definition) is 1. The number of fused-ring (bicyclic) bond motifs is 1. The molecule has 0 saturated heterocycles. The maximum absolute atomic E-state index is 12.4. The highest BCUT2D eigenvalue weighted by atomic mass is 32.2. The van der Waals surface area contributed by atoms with Crippen LogP contribution in [0.5, 0.6) is 17.2 Å². The number of hydrogen-bond acceptors (Lipinski definition) is 7. The molecule has 0 aromatic heterocycles. The molecule has 2 heterocycles. The number of rotatable bonds is 9. The molecule has 0 spiro atoms. The van der Waals surface area contributed by atoms with Crippen LogP contribution in [0, 0.1) is 5.41 Å². The normalized spacial score (nSPS) is 16.2. The quantitative estimate of drug-likeness (QED) is 0.325. The fourth-order valence-corrected chi connectivity index (χ4v) is 4.12. The van der Waals surface area contributed by atoms with Gasteiger partial charge in [-0.3, -0.25) is 10.2 Å². The molecule has 2 aliphatic heterocycles. The minimum atomic E-state index is -0.457. The molecule has 0 unspecified atom stereocenters. The van der Waals surface area contributed by atoms with Gasteiger partial charge in [0.25, 0.3) is 5.91 Å². The second kappa shape index (κ2) is 10.4. The number of allylic oxidation sites excluding steroid dienone is 1. The van der Waals surface area contributed by atoms with E-state index in [-0.39, 0.29) is 11.4 Å². The zero-order valence-electron chi connectivity index (χ0n) is 18.9. The SMILES string of the molecule is C=CCc1ccc(OCCOc2cccc(C=C3C(=N)N4N=C(C)SC4=NC3=O)c2)c(OC)c1. The molecule has 2 aromatic rings. The fourth-order valence-electron chi connectivity index (χ4n) is 3.38. The maximum atomic E-state index is 12.4. The van der Waals surface area contributed by atoms with Crippen LogP contribution in [-0.4, -0.2) is 47.3 Å². The van der Waals surface area contributed by atoms with Crippen molar-refractivity contribution in [3.8, 4) is 17.2 Å². The van der Waals surface area contributed by atoms with Gasteiger partial charge >= 0.3 is 0 Å². The van der Waals surface area contributed by atoms with Crippen molar-refractivity contribution in [3.63, 3.8) is 0 Å². The molecule has 0 saturated carbocycles. The highest BCUT2D eigenvalue weighted by Crippen LogP contribution is 2.29. The number of amidine groups is 2. The molecule has 1 amide bonds. The number of nitrogens with zero attached hydrogens (tertiary/aromatic N) is 3. The van der Waals surface area contributed by atoms with Crippen LogP contribution in [0.15, 0.2) is 70.8 Å². The van der Waals surface area contributed by atoms with Gasteiger partial charge < -0.3 is 14.2 Å². The van der Waals surface area contributed by atoms with Crippen molar-refractivity contribution in [2.45, 2.75) is 13.3 Å². The van der Waals surface area contributed by atoms with Crippen LogP contribution in [0.2, 0.25) is 0 Å². The van der Waals surface area contributed by atoms with Gasteiger partial charge in [-0.05, 0) is 66.6 Å². The maximum Gasteiger partial charge on any atom is 0.283 e. The number of ether oxygens (including phenoxy) is 3. The molecular weight excluding hydrogens is 452 g/mol. The summed E-state index contributed by atoms with van der Waals surface area (Å²) in [4.78, 5) is 16.5. The van der Waals surface area contributed by atoms with Gasteiger partial charge in [0.2, 0.25) is 5.17 Å². The van der Waals surface area contributed by atoms with Crippen LogP contribution in [0.4, 0.5) is 0 Å². The summed E-state index contributed by atoms with van der Waals surface area (Å²) in [7, 11) is 1.61. The van der Waals surface area contributed by atoms with Crippen LogP contribution in [0.1, 0.15) is 18.1 Å². The summed E-state index contributed by atoms with van der Waals surface area (Å²) >= 11 is 1.28. The van der Waals surface area contributed by atoms with E-state index >= 15 is 0 Å². The summed E-state index contributed by atoms with van der Waals surface area (Å²) in [5.74, 6) is 1.48. The molecule has 4 rings (SSSR count). The average molecular weight is 477 g/mol. The van der Waals surface area contributed by atoms with Crippen molar-refractivity contribution in [2.24, 2.45) is 10.1 Å². The van der Waals surface area contributed by atoms with Gasteiger partial charge in [-0.1, -0.05) is 24.3 Å². The summed E-state index contributed by atoms with van der Waals surface area (Å²) in [5, 5.41) is 15.1. The molecule has 34 heavy (non-hydrogen) atoms. The van der Waals surface area contributed by atoms with Crippen LogP contribution in [0.25, 0.3) is 6.08 Å². The van der Waals surface area contributed by atoms with E-state index in [0.29, 0.717) is 35.6 Å². The molecule has 0 aliphatic carbocycles. The summed E-state index contributed by atoms with van der Waals surface area (Å²) in [6.45, 7) is 6.21. The van der Waals surface area contributed by atoms with E-state index < -0.39 is 5.91 Å². The molecule has 2 aromatic carbocycles. The third kappa shape index (κ3) is 5.20. The number of benzene rings is 2. The van der Waals surface area contributed by atoms with Gasteiger partial charge in [0.1, 0.15) is 19.0 Å². The van der Waals surface area contributed by atoms with E-state index in [1.54, 1.807) is 19.3 Å². The minimum absolute atomic E-state index is 0.00660. The summed E-state index contributed by atoms with van der Waals surface area (Å²) in [6, 6.07) is 13.1. The van der Waals surface area contributed by atoms with Crippen molar-refractivity contribution in [1.82, 2.24) is 5.01 Å². The van der Waals surface area contributed by atoms with Gasteiger partial charge in [0.05, 0.1) is 17.7 Å². The monoisotopic (exact) mass is 476 g/mol. The Bertz CT molecular complexity index is 1240. The Hall–Kier alpha value is -3.85. The molecular formula is C25H24N4O4S. The number of thioether (sulfide) groups is 1. The number of aliphatic imine (C=N–C) groups is 1. The lowest BCUT2D eigenvalue weighted by Gasteiger charge is -2.20. The number of methoxy groups -OCH3 is 1. The van der Waals surface area contributed by atoms with Crippen molar-refractivity contribution >= 4 is 39.8 Å². The van der Waals surface area contributed by atoms with Gasteiger partial charge in [-0.15, -0.1) is 6.58 Å². The molecule has 0 atom stereocenters. The molecule has 2 aliphatic rings. The summed E-state index contributed by atoms with van der Waals surface area (Å²) < 4.78 is 17.0. The van der Waals surface area contributed by atoms with E-state index in [1.807, 2.05) is 49.4 Å². The Morgan fingerprint density at radius 1 is 1.15 bits per heavy atom. The fraction of sp³-hybridized carbons (Fsp3) is 0.200. The van der Waals surface area contributed by atoms with Crippen LogP contribution in [-0.2, 0) is 11.2 Å². The topological polar surface area (TPSA) is 96.6 Å². The number of hydrazone groups is 1. The lowest BCUT2D eigenvalue weighted by Crippen LogP contribution is -2.35. The smallest absolute Gasteiger partial charge is 0.283 e. The van der Waals surface area contributed by atoms with Gasteiger partial charge in [-0.2, -0.15) is 15.1 Å². The third-order valence-corrected chi connectivity index (χ3v) is 5.77. The Morgan fingerprint density at radius 3 is 2.76 bits per heavy atom. The molecule has 8 nitrogen and oxygen atoms in total. The van der Waals surface area contributed by atoms with Crippen molar-refractivity contribution in [3.05, 3.63) is 71.8 Å². The highest BCUT2D eigenvalue weighted by molar-refractivity contribution is 8.26.